The number of benzene rings is 4. The van der Waals surface area contributed by atoms with E-state index in [-0.39, 0.29) is 203 Å². The molecule has 0 bridgehead atoms. The van der Waals surface area contributed by atoms with Gasteiger partial charge in [-0.1, -0.05) is 0 Å². The average Bonchev–Trinajstić information content (AvgIpc) is 3.29. The maximum atomic E-state index is 13.4. The summed E-state index contributed by atoms with van der Waals surface area (Å²) in [6.45, 7) is -1.29. The average molecular weight is 1180 g/mol. The number of carboxylic acids is 1. The van der Waals surface area contributed by atoms with Crippen LogP contribution >= 0.6 is 0 Å². The van der Waals surface area contributed by atoms with Crippen molar-refractivity contribution in [3.63, 3.8) is 0 Å². The molecule has 0 saturated heterocycles. The van der Waals surface area contributed by atoms with Gasteiger partial charge in [-0.15, -0.1) is 0 Å². The topological polar surface area (TPSA) is 453 Å². The van der Waals surface area contributed by atoms with Gasteiger partial charge in [0, 0.05) is 30.4 Å². The van der Waals surface area contributed by atoms with Crippen LogP contribution in [0.4, 0.5) is 0 Å². The summed E-state index contributed by atoms with van der Waals surface area (Å²) in [5.41, 5.74) is 11.5. The van der Waals surface area contributed by atoms with Crippen LogP contribution in [0.25, 0.3) is 21.5 Å². The van der Waals surface area contributed by atoms with Gasteiger partial charge in [-0.25, -0.2) is 33.7 Å². The van der Waals surface area contributed by atoms with Crippen molar-refractivity contribution in [2.24, 2.45) is 11.5 Å². The van der Waals surface area contributed by atoms with Crippen LogP contribution in [0.5, 0.6) is 11.5 Å². The normalized spacial score (nSPS) is 12.7. The standard InChI is InChI=1S/C42H54N6O20S4.4Na/c43-33(40(51)46-15-5-2-8-34(44)42(53)54)7-1-4-16-47-41(52)35(48-39(50)24-68-37-22-30(72(64,65)66)20-26-18-28(70(58,59)60)11-13-32(26)37)9-3-6-14-45-38(49)23-67-36-21-29(71(61,62)63)19-25-17-27(69(55,56)57)10-12-31(25)36;;;;/h10-13,17-22,33-35H,1-9,14-16,23-24,43-44H2,(H,45,49)(H,46,51)(H,47,52)(H,48,50)(H,53,54)(H,55,56,57)(H,58,59,60)(H,61,62,63)(H,64,65,66);;;;/q;4*+1/p-4/t33-,34-,35-;;;;/m0..../s1. The second-order valence-corrected chi connectivity index (χ2v) is 21.6. The monoisotopic (exact) mass is 1180 g/mol. The van der Waals surface area contributed by atoms with Gasteiger partial charge >= 0.3 is 124 Å². The first-order valence-corrected chi connectivity index (χ1v) is 27.3. The third kappa shape index (κ3) is 24.3. The molecule has 76 heavy (non-hydrogen) atoms. The van der Waals surface area contributed by atoms with Crippen molar-refractivity contribution in [2.45, 2.75) is 95.5 Å². The fourth-order valence-corrected chi connectivity index (χ4v) is 8.92. The second-order valence-electron chi connectivity index (χ2n) is 16.1. The molecule has 4 rings (SSSR count). The van der Waals surface area contributed by atoms with Crippen LogP contribution in [0.2, 0.25) is 0 Å². The Kier molecular flexibility index (Phi) is 32.7. The first-order chi connectivity index (χ1) is 33.5. The summed E-state index contributed by atoms with van der Waals surface area (Å²) >= 11 is 0. The fourth-order valence-electron chi connectivity index (χ4n) is 6.87. The maximum Gasteiger partial charge on any atom is 1.00 e. The number of ether oxygens (including phenoxy) is 2. The molecule has 0 heterocycles. The molecule has 34 heteroatoms. The van der Waals surface area contributed by atoms with Gasteiger partial charge in [0.15, 0.2) is 13.2 Å². The maximum absolute atomic E-state index is 13.4. The second kappa shape index (κ2) is 33.6. The number of hydrogen-bond acceptors (Lipinski definition) is 21. The van der Waals surface area contributed by atoms with E-state index in [0.717, 1.165) is 60.7 Å². The zero-order valence-corrected chi connectivity index (χ0v) is 53.2. The van der Waals surface area contributed by atoms with Crippen LogP contribution in [-0.4, -0.2) is 138 Å². The summed E-state index contributed by atoms with van der Waals surface area (Å²) in [7, 11) is -20.3. The zero-order chi connectivity index (χ0) is 53.6. The van der Waals surface area contributed by atoms with Crippen molar-refractivity contribution in [1.82, 2.24) is 21.3 Å². The minimum atomic E-state index is -5.17. The predicted molar refractivity (Wildman–Crippen MR) is 247 cm³/mol. The first-order valence-electron chi connectivity index (χ1n) is 21.6. The minimum absolute atomic E-state index is 0. The molecule has 0 spiro atoms. The summed E-state index contributed by atoms with van der Waals surface area (Å²) in [5, 5.41) is 19.0. The molecular weight excluding hydrogens is 1130 g/mol. The van der Waals surface area contributed by atoms with Gasteiger partial charge in [0.1, 0.15) is 64.1 Å². The summed E-state index contributed by atoms with van der Waals surface area (Å²) in [6.07, 6.45) is 2.48. The molecule has 0 unspecified atom stereocenters. The fraction of sp³-hybridized carbons (Fsp3) is 0.405. The molecule has 0 fully saturated rings. The van der Waals surface area contributed by atoms with Crippen molar-refractivity contribution in [2.75, 3.05) is 32.8 Å². The van der Waals surface area contributed by atoms with E-state index < -0.39 is 121 Å². The van der Waals surface area contributed by atoms with Crippen LogP contribution < -0.4 is 160 Å². The van der Waals surface area contributed by atoms with Crippen molar-refractivity contribution >= 4 is 91.6 Å². The molecule has 0 aliphatic heterocycles. The smallest absolute Gasteiger partial charge is 0.744 e. The number of carbonyl (C=O) groups is 5. The molecule has 0 saturated carbocycles. The number of aliphatic carboxylic acids is 1. The quantitative estimate of drug-likeness (QED) is 0.0151. The predicted octanol–water partition coefficient (Wildman–Crippen LogP) is -12.8. The summed E-state index contributed by atoms with van der Waals surface area (Å²) in [4.78, 5) is 59.5. The third-order valence-corrected chi connectivity index (χ3v) is 13.9. The summed E-state index contributed by atoms with van der Waals surface area (Å²) in [6, 6.07) is 5.87. The number of hydrogen-bond donors (Lipinski definition) is 7. The number of nitrogens with two attached hydrogens (primary N) is 2. The van der Waals surface area contributed by atoms with E-state index in [1.54, 1.807) is 0 Å². The molecule has 0 aliphatic rings. The van der Waals surface area contributed by atoms with Gasteiger partial charge in [0.25, 0.3) is 11.8 Å². The molecule has 9 N–H and O–H groups in total. The van der Waals surface area contributed by atoms with E-state index in [2.05, 4.69) is 21.3 Å². The Labute approximate surface area is 527 Å². The van der Waals surface area contributed by atoms with Gasteiger partial charge in [-0.2, -0.15) is 0 Å². The molecular formula is C42H50N6Na4O20S4. The number of rotatable bonds is 29. The SMILES string of the molecule is N[C@@H](CCCCNC(=O)[C@@H](N)CCCCNC(=O)[C@H](CCCCNC(=O)COc1cc(S(=O)(=O)[O-])cc2cc(S(=O)(=O)[O-])ccc12)NC(=O)COc1cc(S(=O)(=O)[O-])cc2cc(S(=O)(=O)[O-])ccc12)C(=O)O.[Na+].[Na+].[Na+].[Na+]. The van der Waals surface area contributed by atoms with Gasteiger partial charge in [0.2, 0.25) is 11.8 Å². The third-order valence-electron chi connectivity index (χ3n) is 10.6. The van der Waals surface area contributed by atoms with Gasteiger partial charge in [0.05, 0.1) is 25.6 Å². The van der Waals surface area contributed by atoms with E-state index in [0.29, 0.717) is 25.7 Å². The largest absolute Gasteiger partial charge is 1.00 e. The van der Waals surface area contributed by atoms with Crippen molar-refractivity contribution in [1.29, 1.82) is 0 Å². The Morgan fingerprint density at radius 3 is 1.28 bits per heavy atom. The van der Waals surface area contributed by atoms with Crippen LogP contribution in [0.3, 0.4) is 0 Å². The molecule has 0 aromatic heterocycles. The summed E-state index contributed by atoms with van der Waals surface area (Å²) < 4.78 is 151. The molecule has 4 aromatic rings. The summed E-state index contributed by atoms with van der Waals surface area (Å²) in [5.74, 6) is -4.54. The Morgan fingerprint density at radius 2 is 0.855 bits per heavy atom. The molecule has 396 valence electrons. The molecule has 0 radical (unpaired) electrons. The van der Waals surface area contributed by atoms with Crippen LogP contribution in [0, 0.1) is 0 Å². The first kappa shape index (κ1) is 73.9. The number of nitrogens with one attached hydrogen (secondary N) is 4. The Balaban J connectivity index is 0.0000141. The van der Waals surface area contributed by atoms with Gasteiger partial charge in [-0.3, -0.25) is 24.0 Å². The number of amides is 4. The van der Waals surface area contributed by atoms with Crippen molar-refractivity contribution < 1.29 is 209 Å². The molecule has 26 nitrogen and oxygen atoms in total. The van der Waals surface area contributed by atoms with Crippen molar-refractivity contribution in [3.05, 3.63) is 60.7 Å². The van der Waals surface area contributed by atoms with Crippen molar-refractivity contribution in [3.8, 4) is 11.5 Å². The number of fused-ring (bicyclic) bond motifs is 2. The van der Waals surface area contributed by atoms with Gasteiger partial charge in [-0.05, 0) is 129 Å². The van der Waals surface area contributed by atoms with Crippen LogP contribution in [0.15, 0.2) is 80.2 Å². The minimum Gasteiger partial charge on any atom is -0.744 e. The van der Waals surface area contributed by atoms with E-state index in [1.165, 1.54) is 0 Å². The number of carboxylic acid groups (broad SMARTS) is 1. The zero-order valence-electron chi connectivity index (χ0n) is 41.9. The van der Waals surface area contributed by atoms with Gasteiger partial charge < -0.3 is 65.5 Å². The number of unbranched alkanes of at least 4 members (excludes halogenated alkanes) is 3. The number of carbonyl (C=O) groups excluding carboxylic acids is 4. The van der Waals surface area contributed by atoms with E-state index >= 15 is 0 Å². The van der Waals surface area contributed by atoms with E-state index in [1.807, 2.05) is 0 Å². The Morgan fingerprint density at radius 1 is 0.487 bits per heavy atom. The van der Waals surface area contributed by atoms with E-state index in [9.17, 15) is 75.9 Å². The molecule has 3 atom stereocenters. The molecule has 4 aromatic carbocycles. The molecule has 4 amide bonds. The van der Waals surface area contributed by atoms with Crippen LogP contribution in [-0.2, 0) is 64.4 Å². The van der Waals surface area contributed by atoms with Crippen LogP contribution in [0.1, 0.15) is 57.8 Å². The molecule has 0 aliphatic carbocycles. The Hall–Kier alpha value is -2.09. The Bertz CT molecular complexity index is 3130. The van der Waals surface area contributed by atoms with E-state index in [4.69, 9.17) is 26.0 Å².